The largest absolute Gasteiger partial charge is 0.376 e. The highest BCUT2D eigenvalue weighted by molar-refractivity contribution is 7.91. The molecule has 3 rings (SSSR count). The van der Waals surface area contributed by atoms with Crippen molar-refractivity contribution in [2.75, 3.05) is 48.9 Å². The Morgan fingerprint density at radius 3 is 2.64 bits per heavy atom. The number of carbonyl (C=O) groups excluding carboxylic acids is 1. The number of aromatic nitrogens is 1. The second-order valence-electron chi connectivity index (χ2n) is 6.36. The van der Waals surface area contributed by atoms with Gasteiger partial charge in [0.1, 0.15) is 5.82 Å². The van der Waals surface area contributed by atoms with Gasteiger partial charge in [0.15, 0.2) is 9.84 Å². The minimum atomic E-state index is -3.15. The molecule has 2 saturated heterocycles. The molecule has 1 aromatic rings. The maximum atomic E-state index is 12.5. The Kier molecular flexibility index (Phi) is 3.60. The average Bonchev–Trinajstić information content (AvgIpc) is 2.71. The third-order valence-electron chi connectivity index (χ3n) is 4.45. The number of sulfone groups is 1. The summed E-state index contributed by atoms with van der Waals surface area (Å²) in [5.74, 6) is -0.293. The molecule has 22 heavy (non-hydrogen) atoms. The average molecular weight is 324 g/mol. The van der Waals surface area contributed by atoms with Crippen LogP contribution < -0.4 is 15.5 Å². The molecule has 3 heterocycles. The van der Waals surface area contributed by atoms with Gasteiger partial charge in [-0.1, -0.05) is 0 Å². The van der Waals surface area contributed by atoms with E-state index in [-0.39, 0.29) is 17.4 Å². The zero-order chi connectivity index (χ0) is 16.0. The maximum Gasteiger partial charge on any atom is 0.230 e. The van der Waals surface area contributed by atoms with Gasteiger partial charge in [0, 0.05) is 32.6 Å². The highest BCUT2D eigenvalue weighted by Gasteiger charge is 2.56. The van der Waals surface area contributed by atoms with Gasteiger partial charge in [0.25, 0.3) is 0 Å². The van der Waals surface area contributed by atoms with Gasteiger partial charge in [-0.3, -0.25) is 4.79 Å². The molecule has 1 aromatic heterocycles. The van der Waals surface area contributed by atoms with Crippen LogP contribution in [-0.4, -0.2) is 58.0 Å². The zero-order valence-corrected chi connectivity index (χ0v) is 13.5. The Bertz CT molecular complexity index is 681. The van der Waals surface area contributed by atoms with Crippen molar-refractivity contribution in [1.29, 1.82) is 0 Å². The Labute approximate surface area is 130 Å². The van der Waals surface area contributed by atoms with Crippen molar-refractivity contribution in [2.24, 2.45) is 11.3 Å². The molecule has 0 saturated carbocycles. The van der Waals surface area contributed by atoms with Crippen molar-refractivity contribution in [3.05, 3.63) is 18.3 Å². The van der Waals surface area contributed by atoms with Gasteiger partial charge in [0.05, 0.1) is 29.3 Å². The summed E-state index contributed by atoms with van der Waals surface area (Å²) >= 11 is 0. The number of nitrogens with zero attached hydrogens (tertiary/aromatic N) is 2. The first-order chi connectivity index (χ1) is 10.3. The molecule has 7 nitrogen and oxygen atoms in total. The molecular formula is C14H20N4O3S. The van der Waals surface area contributed by atoms with Crippen LogP contribution in [-0.2, 0) is 14.6 Å². The summed E-state index contributed by atoms with van der Waals surface area (Å²) < 4.78 is 23.8. The molecule has 1 amide bonds. The topological polar surface area (TPSA) is 91.4 Å². The standard InChI is InChI=1S/C14H20N4O3S/c1-18(2)10-3-4-12(16-5-10)17-13(19)11-6-22(20,21)9-14(11)7-15-8-14/h3-5,11,15H,6-9H2,1-2H3,(H,16,17,19). The van der Waals surface area contributed by atoms with Crippen molar-refractivity contribution in [3.63, 3.8) is 0 Å². The van der Waals surface area contributed by atoms with Crippen LogP contribution in [0.2, 0.25) is 0 Å². The van der Waals surface area contributed by atoms with Crippen molar-refractivity contribution in [3.8, 4) is 0 Å². The highest BCUT2D eigenvalue weighted by atomic mass is 32.2. The lowest BCUT2D eigenvalue weighted by Crippen LogP contribution is -2.59. The van der Waals surface area contributed by atoms with Crippen LogP contribution in [0.3, 0.4) is 0 Å². The number of pyridine rings is 1. The van der Waals surface area contributed by atoms with E-state index in [4.69, 9.17) is 0 Å². The maximum absolute atomic E-state index is 12.5. The van der Waals surface area contributed by atoms with E-state index in [1.54, 1.807) is 12.3 Å². The molecule has 0 radical (unpaired) electrons. The van der Waals surface area contributed by atoms with E-state index in [0.29, 0.717) is 18.9 Å². The molecule has 0 aliphatic carbocycles. The van der Waals surface area contributed by atoms with Gasteiger partial charge in [-0.25, -0.2) is 13.4 Å². The summed E-state index contributed by atoms with van der Waals surface area (Å²) in [7, 11) is 0.670. The first-order valence-corrected chi connectivity index (χ1v) is 8.99. The number of nitrogens with one attached hydrogen (secondary N) is 2. The lowest BCUT2D eigenvalue weighted by atomic mass is 9.73. The Balaban J connectivity index is 1.74. The minimum Gasteiger partial charge on any atom is -0.376 e. The number of rotatable bonds is 3. The smallest absolute Gasteiger partial charge is 0.230 e. The van der Waals surface area contributed by atoms with E-state index in [2.05, 4.69) is 15.6 Å². The van der Waals surface area contributed by atoms with Gasteiger partial charge in [-0.15, -0.1) is 0 Å². The normalized spacial score (nSPS) is 24.7. The molecule has 1 unspecified atom stereocenters. The Morgan fingerprint density at radius 2 is 2.14 bits per heavy atom. The predicted octanol–water partition coefficient (Wildman–Crippen LogP) is -0.280. The number of hydrogen-bond donors (Lipinski definition) is 2. The molecule has 2 aliphatic rings. The van der Waals surface area contributed by atoms with Crippen molar-refractivity contribution in [2.45, 2.75) is 0 Å². The summed E-state index contributed by atoms with van der Waals surface area (Å²) in [6, 6.07) is 3.58. The molecule has 2 N–H and O–H groups in total. The van der Waals surface area contributed by atoms with Crippen LogP contribution in [0.15, 0.2) is 18.3 Å². The number of amides is 1. The fourth-order valence-electron chi connectivity index (χ4n) is 3.11. The van der Waals surface area contributed by atoms with Gasteiger partial charge in [0.2, 0.25) is 5.91 Å². The van der Waals surface area contributed by atoms with Crippen molar-refractivity contribution < 1.29 is 13.2 Å². The second kappa shape index (κ2) is 5.20. The summed E-state index contributed by atoms with van der Waals surface area (Å²) in [5.41, 5.74) is 0.494. The molecule has 120 valence electrons. The SMILES string of the molecule is CN(C)c1ccc(NC(=O)C2CS(=O)(=O)CC23CNC3)nc1. The second-order valence-corrected chi connectivity index (χ2v) is 8.47. The fraction of sp³-hybridized carbons (Fsp3) is 0.571. The Morgan fingerprint density at radius 1 is 1.41 bits per heavy atom. The van der Waals surface area contributed by atoms with Crippen LogP contribution in [0.5, 0.6) is 0 Å². The van der Waals surface area contributed by atoms with E-state index in [9.17, 15) is 13.2 Å². The summed E-state index contributed by atoms with van der Waals surface area (Å²) in [5, 5.41) is 5.84. The molecule has 0 aromatic carbocycles. The van der Waals surface area contributed by atoms with E-state index in [1.165, 1.54) is 0 Å². The molecule has 8 heteroatoms. The molecular weight excluding hydrogens is 304 g/mol. The molecule has 2 fully saturated rings. The monoisotopic (exact) mass is 324 g/mol. The van der Waals surface area contributed by atoms with E-state index in [1.807, 2.05) is 25.1 Å². The number of hydrogen-bond acceptors (Lipinski definition) is 6. The first kappa shape index (κ1) is 15.2. The molecule has 1 atom stereocenters. The fourth-order valence-corrected chi connectivity index (χ4v) is 5.53. The van der Waals surface area contributed by atoms with E-state index in [0.717, 1.165) is 5.69 Å². The van der Waals surface area contributed by atoms with E-state index >= 15 is 0 Å². The Hall–Kier alpha value is -1.67. The van der Waals surface area contributed by atoms with E-state index < -0.39 is 21.2 Å². The quantitative estimate of drug-likeness (QED) is 0.795. The third-order valence-corrected chi connectivity index (χ3v) is 6.31. The van der Waals surface area contributed by atoms with Crippen molar-refractivity contribution in [1.82, 2.24) is 10.3 Å². The van der Waals surface area contributed by atoms with Gasteiger partial charge >= 0.3 is 0 Å². The zero-order valence-electron chi connectivity index (χ0n) is 12.7. The molecule has 0 bridgehead atoms. The van der Waals surface area contributed by atoms with Crippen LogP contribution >= 0.6 is 0 Å². The number of carbonyl (C=O) groups is 1. The predicted molar refractivity (Wildman–Crippen MR) is 84.6 cm³/mol. The van der Waals surface area contributed by atoms with Crippen LogP contribution in [0.4, 0.5) is 11.5 Å². The van der Waals surface area contributed by atoms with Gasteiger partial charge in [-0.05, 0) is 12.1 Å². The third kappa shape index (κ3) is 2.68. The van der Waals surface area contributed by atoms with Crippen molar-refractivity contribution >= 4 is 27.2 Å². The first-order valence-electron chi connectivity index (χ1n) is 7.17. The number of anilines is 2. The lowest BCUT2D eigenvalue weighted by Gasteiger charge is -2.42. The van der Waals surface area contributed by atoms with Crippen LogP contribution in [0.1, 0.15) is 0 Å². The summed E-state index contributed by atoms with van der Waals surface area (Å²) in [6.45, 7) is 1.16. The highest BCUT2D eigenvalue weighted by Crippen LogP contribution is 2.41. The summed E-state index contributed by atoms with van der Waals surface area (Å²) in [6.07, 6.45) is 1.67. The lowest BCUT2D eigenvalue weighted by molar-refractivity contribution is -0.123. The van der Waals surface area contributed by atoms with Crippen LogP contribution in [0, 0.1) is 11.3 Å². The van der Waals surface area contributed by atoms with Crippen LogP contribution in [0.25, 0.3) is 0 Å². The molecule has 1 spiro atoms. The minimum absolute atomic E-state index is 0.0731. The molecule has 2 aliphatic heterocycles. The van der Waals surface area contributed by atoms with Gasteiger partial charge in [-0.2, -0.15) is 0 Å². The van der Waals surface area contributed by atoms with Gasteiger partial charge < -0.3 is 15.5 Å². The summed E-state index contributed by atoms with van der Waals surface area (Å²) in [4.78, 5) is 18.6.